The fraction of sp³-hybridized carbons (Fsp3) is 0.250. The van der Waals surface area contributed by atoms with E-state index in [1.807, 2.05) is 0 Å². The first-order valence-electron chi connectivity index (χ1n) is 4.71. The third-order valence-electron chi connectivity index (χ3n) is 2.11. The standard InChI is InChI=1S/C12H12F2O2/c1-16-12(15)5-4-10-6-9(7-13)2-3-11(10)8-14/h2-6H,7-8H2,1H3. The SMILES string of the molecule is COC(=O)C=Cc1cc(CF)ccc1CF. The van der Waals surface area contributed by atoms with E-state index < -0.39 is 19.3 Å². The van der Waals surface area contributed by atoms with E-state index >= 15 is 0 Å². The quantitative estimate of drug-likeness (QED) is 0.583. The minimum absolute atomic E-state index is 0.414. The number of benzene rings is 1. The van der Waals surface area contributed by atoms with Crippen molar-refractivity contribution in [1.82, 2.24) is 0 Å². The summed E-state index contributed by atoms with van der Waals surface area (Å²) >= 11 is 0. The predicted octanol–water partition coefficient (Wildman–Crippen LogP) is 2.81. The average molecular weight is 226 g/mol. The molecule has 0 saturated carbocycles. The van der Waals surface area contributed by atoms with Crippen LogP contribution in [0.15, 0.2) is 24.3 Å². The van der Waals surface area contributed by atoms with Gasteiger partial charge in [-0.1, -0.05) is 12.1 Å². The zero-order chi connectivity index (χ0) is 12.0. The molecule has 0 aliphatic carbocycles. The van der Waals surface area contributed by atoms with Crippen molar-refractivity contribution in [1.29, 1.82) is 0 Å². The van der Waals surface area contributed by atoms with Gasteiger partial charge < -0.3 is 4.74 Å². The minimum atomic E-state index is -0.659. The van der Waals surface area contributed by atoms with E-state index in [1.165, 1.54) is 37.5 Å². The number of esters is 1. The van der Waals surface area contributed by atoms with Crippen LogP contribution in [0.25, 0.3) is 6.08 Å². The molecular weight excluding hydrogens is 214 g/mol. The molecule has 0 aliphatic heterocycles. The number of halogens is 2. The highest BCUT2D eigenvalue weighted by molar-refractivity contribution is 5.87. The molecule has 0 bridgehead atoms. The molecule has 86 valence electrons. The van der Waals surface area contributed by atoms with Crippen molar-refractivity contribution in [3.05, 3.63) is 41.0 Å². The second kappa shape index (κ2) is 6.00. The van der Waals surface area contributed by atoms with Gasteiger partial charge in [-0.2, -0.15) is 0 Å². The Morgan fingerprint density at radius 1 is 1.38 bits per heavy atom. The Hall–Kier alpha value is -1.71. The molecule has 0 N–H and O–H groups in total. The second-order valence-electron chi connectivity index (χ2n) is 3.16. The number of hydrogen-bond acceptors (Lipinski definition) is 2. The molecule has 1 rings (SSSR count). The molecule has 16 heavy (non-hydrogen) atoms. The number of alkyl halides is 2. The van der Waals surface area contributed by atoms with Gasteiger partial charge in [0.1, 0.15) is 13.3 Å². The first kappa shape index (κ1) is 12.4. The Kier molecular flexibility index (Phi) is 4.64. The molecule has 0 aliphatic rings. The average Bonchev–Trinajstić information content (AvgIpc) is 2.35. The van der Waals surface area contributed by atoms with Crippen molar-refractivity contribution < 1.29 is 18.3 Å². The van der Waals surface area contributed by atoms with E-state index in [0.29, 0.717) is 16.7 Å². The van der Waals surface area contributed by atoms with E-state index in [9.17, 15) is 13.6 Å². The maximum atomic E-state index is 12.6. The van der Waals surface area contributed by atoms with Crippen LogP contribution >= 0.6 is 0 Å². The Morgan fingerprint density at radius 3 is 2.69 bits per heavy atom. The van der Waals surface area contributed by atoms with E-state index in [2.05, 4.69) is 4.74 Å². The summed E-state index contributed by atoms with van der Waals surface area (Å²) in [4.78, 5) is 10.9. The summed E-state index contributed by atoms with van der Waals surface area (Å²) < 4.78 is 29.4. The summed E-state index contributed by atoms with van der Waals surface area (Å²) in [5.41, 5.74) is 1.35. The highest BCUT2D eigenvalue weighted by Gasteiger charge is 2.02. The van der Waals surface area contributed by atoms with Crippen LogP contribution in [-0.4, -0.2) is 13.1 Å². The summed E-state index contributed by atoms with van der Waals surface area (Å²) in [6.45, 7) is -1.28. The molecule has 0 heterocycles. The lowest BCUT2D eigenvalue weighted by Crippen LogP contribution is -1.94. The fourth-order valence-electron chi connectivity index (χ4n) is 1.23. The number of carbonyl (C=O) groups is 1. The van der Waals surface area contributed by atoms with E-state index in [0.717, 1.165) is 0 Å². The molecule has 0 unspecified atom stereocenters. The highest BCUT2D eigenvalue weighted by Crippen LogP contribution is 2.16. The molecule has 0 fully saturated rings. The van der Waals surface area contributed by atoms with Crippen molar-refractivity contribution in [3.8, 4) is 0 Å². The monoisotopic (exact) mass is 226 g/mol. The van der Waals surface area contributed by atoms with Crippen LogP contribution in [0.1, 0.15) is 16.7 Å². The van der Waals surface area contributed by atoms with Gasteiger partial charge in [0.25, 0.3) is 0 Å². The Labute approximate surface area is 92.5 Å². The zero-order valence-corrected chi connectivity index (χ0v) is 8.87. The largest absolute Gasteiger partial charge is 0.466 e. The molecule has 0 spiro atoms. The van der Waals surface area contributed by atoms with Gasteiger partial charge in [-0.15, -0.1) is 0 Å². The molecule has 4 heteroatoms. The van der Waals surface area contributed by atoms with Crippen LogP contribution in [0, 0.1) is 0 Å². The Balaban J connectivity index is 2.99. The Bertz CT molecular complexity index is 400. The van der Waals surface area contributed by atoms with Crippen LogP contribution in [0.3, 0.4) is 0 Å². The first-order valence-corrected chi connectivity index (χ1v) is 4.71. The van der Waals surface area contributed by atoms with Crippen LogP contribution in [0.4, 0.5) is 8.78 Å². The molecule has 0 atom stereocenters. The van der Waals surface area contributed by atoms with Crippen molar-refractivity contribution in [3.63, 3.8) is 0 Å². The normalized spacial score (nSPS) is 10.7. The predicted molar refractivity (Wildman–Crippen MR) is 57.1 cm³/mol. The zero-order valence-electron chi connectivity index (χ0n) is 8.87. The molecule has 0 amide bonds. The van der Waals surface area contributed by atoms with Gasteiger partial charge >= 0.3 is 5.97 Å². The number of ether oxygens (including phenoxy) is 1. The van der Waals surface area contributed by atoms with E-state index in [4.69, 9.17) is 0 Å². The van der Waals surface area contributed by atoms with Gasteiger partial charge in [0, 0.05) is 6.08 Å². The van der Waals surface area contributed by atoms with Gasteiger partial charge in [-0.3, -0.25) is 0 Å². The lowest BCUT2D eigenvalue weighted by molar-refractivity contribution is -0.134. The van der Waals surface area contributed by atoms with E-state index in [-0.39, 0.29) is 0 Å². The number of carbonyl (C=O) groups excluding carboxylic acids is 1. The molecule has 0 aromatic heterocycles. The summed E-state index contributed by atoms with van der Waals surface area (Å²) in [6, 6.07) is 4.53. The molecule has 1 aromatic carbocycles. The van der Waals surface area contributed by atoms with Crippen molar-refractivity contribution in [2.24, 2.45) is 0 Å². The number of methoxy groups -OCH3 is 1. The fourth-order valence-corrected chi connectivity index (χ4v) is 1.23. The van der Waals surface area contributed by atoms with Crippen molar-refractivity contribution in [2.45, 2.75) is 13.3 Å². The maximum Gasteiger partial charge on any atom is 0.330 e. The summed E-state index contributed by atoms with van der Waals surface area (Å²) in [7, 11) is 1.25. The smallest absolute Gasteiger partial charge is 0.330 e. The molecule has 0 saturated heterocycles. The molecule has 2 nitrogen and oxygen atoms in total. The van der Waals surface area contributed by atoms with Crippen LogP contribution < -0.4 is 0 Å². The number of rotatable bonds is 4. The lowest BCUT2D eigenvalue weighted by atomic mass is 10.0. The first-order chi connectivity index (χ1) is 7.71. The van der Waals surface area contributed by atoms with Crippen LogP contribution in [0.5, 0.6) is 0 Å². The van der Waals surface area contributed by atoms with Crippen LogP contribution in [-0.2, 0) is 22.9 Å². The second-order valence-corrected chi connectivity index (χ2v) is 3.16. The highest BCUT2D eigenvalue weighted by atomic mass is 19.1. The van der Waals surface area contributed by atoms with Gasteiger partial charge in [0.15, 0.2) is 0 Å². The Morgan fingerprint density at radius 2 is 2.12 bits per heavy atom. The molecule has 1 aromatic rings. The van der Waals surface area contributed by atoms with E-state index in [1.54, 1.807) is 0 Å². The lowest BCUT2D eigenvalue weighted by Gasteiger charge is -2.03. The van der Waals surface area contributed by atoms with Crippen LogP contribution in [0.2, 0.25) is 0 Å². The summed E-state index contributed by atoms with van der Waals surface area (Å²) in [6.07, 6.45) is 2.59. The summed E-state index contributed by atoms with van der Waals surface area (Å²) in [5.74, 6) is -0.532. The molecular formula is C12H12F2O2. The third kappa shape index (κ3) is 3.15. The number of hydrogen-bond donors (Lipinski definition) is 0. The topological polar surface area (TPSA) is 26.3 Å². The van der Waals surface area contributed by atoms with Crippen molar-refractivity contribution >= 4 is 12.0 Å². The molecule has 0 radical (unpaired) electrons. The summed E-state index contributed by atoms with van der Waals surface area (Å²) in [5, 5.41) is 0. The van der Waals surface area contributed by atoms with Crippen molar-refractivity contribution in [2.75, 3.05) is 7.11 Å². The maximum absolute atomic E-state index is 12.6. The minimum Gasteiger partial charge on any atom is -0.466 e. The third-order valence-corrected chi connectivity index (χ3v) is 2.11. The van der Waals surface area contributed by atoms with Gasteiger partial charge in [0.05, 0.1) is 7.11 Å². The van der Waals surface area contributed by atoms with Gasteiger partial charge in [-0.05, 0) is 28.8 Å². The van der Waals surface area contributed by atoms with Gasteiger partial charge in [0.2, 0.25) is 0 Å². The van der Waals surface area contributed by atoms with Gasteiger partial charge in [-0.25, -0.2) is 13.6 Å².